The molecule has 1 heterocycles. The minimum Gasteiger partial charge on any atom is -0.465 e. The summed E-state index contributed by atoms with van der Waals surface area (Å²) >= 11 is 5.89. The number of ketones is 1. The first-order valence-corrected chi connectivity index (χ1v) is 6.25. The number of esters is 1. The molecule has 0 amide bonds. The molecule has 1 N–H and O–H groups in total. The van der Waals surface area contributed by atoms with Crippen molar-refractivity contribution in [2.75, 3.05) is 18.5 Å². The molecular weight excluding hydrogens is 254 g/mol. The molecule has 0 fully saturated rings. The Morgan fingerprint density at radius 2 is 2.33 bits per heavy atom. The van der Waals surface area contributed by atoms with E-state index < -0.39 is 11.9 Å². The van der Waals surface area contributed by atoms with Crippen molar-refractivity contribution in [2.24, 2.45) is 5.92 Å². The number of benzene rings is 1. The van der Waals surface area contributed by atoms with Crippen molar-refractivity contribution in [3.8, 4) is 0 Å². The van der Waals surface area contributed by atoms with Crippen LogP contribution in [0.4, 0.5) is 5.69 Å². The molecule has 1 aliphatic rings. The summed E-state index contributed by atoms with van der Waals surface area (Å²) in [4.78, 5) is 24.1. The molecule has 0 radical (unpaired) electrons. The first-order valence-electron chi connectivity index (χ1n) is 5.87. The van der Waals surface area contributed by atoms with Gasteiger partial charge in [0.2, 0.25) is 0 Å². The molecule has 18 heavy (non-hydrogen) atoms. The molecule has 2 rings (SSSR count). The molecule has 0 saturated heterocycles. The summed E-state index contributed by atoms with van der Waals surface area (Å²) in [6, 6.07) is 5.05. The number of ether oxygens (including phenoxy) is 1. The molecule has 1 unspecified atom stereocenters. The van der Waals surface area contributed by atoms with Crippen LogP contribution in [0.3, 0.4) is 0 Å². The van der Waals surface area contributed by atoms with Crippen LogP contribution < -0.4 is 5.32 Å². The third kappa shape index (κ3) is 2.48. The number of hydrogen-bond acceptors (Lipinski definition) is 4. The van der Waals surface area contributed by atoms with Gasteiger partial charge in [-0.05, 0) is 31.5 Å². The first-order chi connectivity index (χ1) is 8.63. The smallest absolute Gasteiger partial charge is 0.316 e. The van der Waals surface area contributed by atoms with E-state index in [0.717, 1.165) is 5.69 Å². The number of carbonyl (C=O) groups is 2. The number of fused-ring (bicyclic) bond motifs is 1. The molecule has 1 aromatic rings. The standard InChI is InChI=1S/C13H14ClNO3/c1-2-18-13(17)9-5-6-15-11-4-3-8(14)7-10(11)12(9)16/h3-4,7,9,15H,2,5-6H2,1H3. The van der Waals surface area contributed by atoms with E-state index in [1.807, 2.05) is 0 Å². The Labute approximate surface area is 110 Å². The van der Waals surface area contributed by atoms with Crippen molar-refractivity contribution in [1.29, 1.82) is 0 Å². The highest BCUT2D eigenvalue weighted by atomic mass is 35.5. The fourth-order valence-corrected chi connectivity index (χ4v) is 2.18. The average Bonchev–Trinajstić information content (AvgIpc) is 2.50. The molecule has 0 bridgehead atoms. The molecular formula is C13H14ClNO3. The van der Waals surface area contributed by atoms with Crippen LogP contribution in [-0.2, 0) is 9.53 Å². The topological polar surface area (TPSA) is 55.4 Å². The largest absolute Gasteiger partial charge is 0.465 e. The van der Waals surface area contributed by atoms with E-state index in [2.05, 4.69) is 5.32 Å². The highest BCUT2D eigenvalue weighted by molar-refractivity contribution is 6.31. The van der Waals surface area contributed by atoms with Crippen LogP contribution in [-0.4, -0.2) is 24.9 Å². The summed E-state index contributed by atoms with van der Waals surface area (Å²) in [5.41, 5.74) is 1.18. The SMILES string of the molecule is CCOC(=O)C1CCNc2ccc(Cl)cc2C1=O. The Kier molecular flexibility index (Phi) is 3.87. The fraction of sp³-hybridized carbons (Fsp3) is 0.385. The van der Waals surface area contributed by atoms with Crippen molar-refractivity contribution in [3.05, 3.63) is 28.8 Å². The lowest BCUT2D eigenvalue weighted by molar-refractivity contribution is -0.146. The van der Waals surface area contributed by atoms with Crippen LogP contribution in [0.1, 0.15) is 23.7 Å². The van der Waals surface area contributed by atoms with Gasteiger partial charge in [-0.25, -0.2) is 0 Å². The van der Waals surface area contributed by atoms with Gasteiger partial charge in [-0.1, -0.05) is 11.6 Å². The van der Waals surface area contributed by atoms with E-state index in [0.29, 0.717) is 23.6 Å². The summed E-state index contributed by atoms with van der Waals surface area (Å²) in [7, 11) is 0. The van der Waals surface area contributed by atoms with Gasteiger partial charge in [0, 0.05) is 22.8 Å². The van der Waals surface area contributed by atoms with Gasteiger partial charge in [0.05, 0.1) is 6.61 Å². The lowest BCUT2D eigenvalue weighted by Gasteiger charge is -2.11. The van der Waals surface area contributed by atoms with Crippen LogP contribution in [0.25, 0.3) is 0 Å². The van der Waals surface area contributed by atoms with Gasteiger partial charge in [0.25, 0.3) is 0 Å². The predicted molar refractivity (Wildman–Crippen MR) is 69.0 cm³/mol. The Hall–Kier alpha value is -1.55. The van der Waals surface area contributed by atoms with Gasteiger partial charge in [-0.15, -0.1) is 0 Å². The fourth-order valence-electron chi connectivity index (χ4n) is 2.01. The number of Topliss-reactive ketones (excluding diaryl/α,β-unsaturated/α-hetero) is 1. The van der Waals surface area contributed by atoms with E-state index >= 15 is 0 Å². The maximum absolute atomic E-state index is 12.3. The van der Waals surface area contributed by atoms with E-state index in [4.69, 9.17) is 16.3 Å². The third-order valence-electron chi connectivity index (χ3n) is 2.88. The minimum absolute atomic E-state index is 0.226. The van der Waals surface area contributed by atoms with Gasteiger partial charge >= 0.3 is 5.97 Å². The van der Waals surface area contributed by atoms with E-state index in [1.165, 1.54) is 0 Å². The molecule has 5 heteroatoms. The van der Waals surface area contributed by atoms with E-state index in [9.17, 15) is 9.59 Å². The number of rotatable bonds is 2. The lowest BCUT2D eigenvalue weighted by atomic mass is 9.95. The zero-order chi connectivity index (χ0) is 13.1. The molecule has 0 saturated carbocycles. The van der Waals surface area contributed by atoms with Gasteiger partial charge in [-0.2, -0.15) is 0 Å². The monoisotopic (exact) mass is 267 g/mol. The van der Waals surface area contributed by atoms with Gasteiger partial charge in [0.1, 0.15) is 5.92 Å². The highest BCUT2D eigenvalue weighted by Gasteiger charge is 2.32. The summed E-state index contributed by atoms with van der Waals surface area (Å²) in [5, 5.41) is 3.60. The summed E-state index contributed by atoms with van der Waals surface area (Å²) in [6.07, 6.45) is 0.434. The molecule has 1 aliphatic heterocycles. The number of anilines is 1. The number of nitrogens with one attached hydrogen (secondary N) is 1. The van der Waals surface area contributed by atoms with Crippen LogP contribution in [0.2, 0.25) is 5.02 Å². The Morgan fingerprint density at radius 3 is 3.06 bits per heavy atom. The predicted octanol–water partition coefficient (Wildman–Crippen LogP) is 2.52. The van der Waals surface area contributed by atoms with Crippen molar-refractivity contribution in [1.82, 2.24) is 0 Å². The normalized spacial score (nSPS) is 18.6. The highest BCUT2D eigenvalue weighted by Crippen LogP contribution is 2.28. The van der Waals surface area contributed by atoms with Crippen molar-refractivity contribution >= 4 is 29.0 Å². The summed E-state index contributed by atoms with van der Waals surface area (Å²) < 4.78 is 4.93. The summed E-state index contributed by atoms with van der Waals surface area (Å²) in [6.45, 7) is 2.56. The minimum atomic E-state index is -0.739. The molecule has 96 valence electrons. The number of carbonyl (C=O) groups excluding carboxylic acids is 2. The van der Waals surface area contributed by atoms with Crippen LogP contribution >= 0.6 is 11.6 Å². The number of halogens is 1. The lowest BCUT2D eigenvalue weighted by Crippen LogP contribution is -2.26. The zero-order valence-electron chi connectivity index (χ0n) is 10.0. The Morgan fingerprint density at radius 1 is 1.56 bits per heavy atom. The first kappa shape index (κ1) is 12.9. The van der Waals surface area contributed by atoms with Crippen molar-refractivity contribution in [3.63, 3.8) is 0 Å². The molecule has 4 nitrogen and oxygen atoms in total. The van der Waals surface area contributed by atoms with Gasteiger partial charge in [0.15, 0.2) is 5.78 Å². The number of hydrogen-bond donors (Lipinski definition) is 1. The zero-order valence-corrected chi connectivity index (χ0v) is 10.8. The van der Waals surface area contributed by atoms with Crippen LogP contribution in [0.5, 0.6) is 0 Å². The van der Waals surface area contributed by atoms with Crippen LogP contribution in [0, 0.1) is 5.92 Å². The van der Waals surface area contributed by atoms with E-state index in [-0.39, 0.29) is 12.4 Å². The molecule has 1 aromatic carbocycles. The molecule has 0 spiro atoms. The second-order valence-corrected chi connectivity index (χ2v) is 4.51. The molecule has 0 aromatic heterocycles. The van der Waals surface area contributed by atoms with Gasteiger partial charge < -0.3 is 10.1 Å². The second kappa shape index (κ2) is 5.40. The quantitative estimate of drug-likeness (QED) is 0.661. The second-order valence-electron chi connectivity index (χ2n) is 4.07. The maximum Gasteiger partial charge on any atom is 0.316 e. The average molecular weight is 268 g/mol. The summed E-state index contributed by atoms with van der Waals surface area (Å²) in [5.74, 6) is -1.43. The van der Waals surface area contributed by atoms with Crippen molar-refractivity contribution in [2.45, 2.75) is 13.3 Å². The molecule has 1 atom stereocenters. The molecule has 0 aliphatic carbocycles. The van der Waals surface area contributed by atoms with E-state index in [1.54, 1.807) is 25.1 Å². The Balaban J connectivity index is 2.34. The Bertz CT molecular complexity index is 487. The maximum atomic E-state index is 12.3. The third-order valence-corrected chi connectivity index (χ3v) is 3.12. The van der Waals surface area contributed by atoms with Crippen molar-refractivity contribution < 1.29 is 14.3 Å². The van der Waals surface area contributed by atoms with Crippen LogP contribution in [0.15, 0.2) is 18.2 Å². The van der Waals surface area contributed by atoms with Gasteiger partial charge in [-0.3, -0.25) is 9.59 Å².